The third-order valence-electron chi connectivity index (χ3n) is 8.65. The minimum atomic E-state index is -0.926. The van der Waals surface area contributed by atoms with Gasteiger partial charge in [-0.05, 0) is 49.2 Å². The standard InChI is InChI=1S/C29H43N2O4/c1-20-16-26-25(11-10-22(3)29(26,33)17-28(20)35-23(4)32)21(2)18-30-12-14-31(15-13-30)19-24-8-6-7-9-27(24)34-5/h6-9,16-17,21-22,25-26,28,33H,10-15,18-19H2,1-5H3/t21?,22-,25+,26-,28-,29-/m1/s1. The molecule has 0 bridgehead atoms. The van der Waals surface area contributed by atoms with Crippen LogP contribution in [0.2, 0.25) is 0 Å². The van der Waals surface area contributed by atoms with E-state index in [9.17, 15) is 9.90 Å². The molecule has 0 amide bonds. The Hall–Kier alpha value is -1.89. The van der Waals surface area contributed by atoms with Crippen molar-refractivity contribution in [1.82, 2.24) is 9.80 Å². The van der Waals surface area contributed by atoms with Crippen LogP contribution in [0.4, 0.5) is 0 Å². The van der Waals surface area contributed by atoms with Crippen LogP contribution in [-0.2, 0) is 16.1 Å². The van der Waals surface area contributed by atoms with Gasteiger partial charge in [0.2, 0.25) is 0 Å². The Bertz CT molecular complexity index is 910. The van der Waals surface area contributed by atoms with Gasteiger partial charge in [0, 0.05) is 64.1 Å². The molecule has 4 rings (SSSR count). The van der Waals surface area contributed by atoms with E-state index >= 15 is 0 Å². The number of methoxy groups -OCH3 is 1. The van der Waals surface area contributed by atoms with E-state index < -0.39 is 11.7 Å². The molecule has 3 aliphatic rings. The SMILES string of the molecule is COc1ccccc1CN1CCN(CC(C)[C@@H]2CC[C@@H](C)[C@]3(O)[CH][C@@H](OC(C)=O)C(C)=C[C@H]23)CC1. The first-order chi connectivity index (χ1) is 16.7. The molecule has 1 N–H and O–H groups in total. The minimum Gasteiger partial charge on any atom is -0.496 e. The zero-order valence-electron chi connectivity index (χ0n) is 22.1. The molecule has 0 aromatic heterocycles. The Balaban J connectivity index is 1.36. The van der Waals surface area contributed by atoms with Crippen molar-refractivity contribution in [3.05, 3.63) is 47.9 Å². The van der Waals surface area contributed by atoms with Crippen LogP contribution >= 0.6 is 0 Å². The number of benzene rings is 1. The number of hydrogen-bond donors (Lipinski definition) is 1. The average molecular weight is 484 g/mol. The van der Waals surface area contributed by atoms with Crippen molar-refractivity contribution in [3.8, 4) is 5.75 Å². The van der Waals surface area contributed by atoms with E-state index in [1.165, 1.54) is 12.5 Å². The second-order valence-electron chi connectivity index (χ2n) is 11.0. The summed E-state index contributed by atoms with van der Waals surface area (Å²) in [6, 6.07) is 8.29. The van der Waals surface area contributed by atoms with Gasteiger partial charge in [0.25, 0.3) is 0 Å². The van der Waals surface area contributed by atoms with Gasteiger partial charge in [0.15, 0.2) is 0 Å². The minimum absolute atomic E-state index is 0.0693. The molecule has 2 aliphatic carbocycles. The zero-order chi connectivity index (χ0) is 25.2. The summed E-state index contributed by atoms with van der Waals surface area (Å²) in [4.78, 5) is 16.7. The maximum absolute atomic E-state index is 11.8. The first-order valence-corrected chi connectivity index (χ1v) is 13.2. The fraction of sp³-hybridized carbons (Fsp3) is 0.655. The maximum Gasteiger partial charge on any atom is 0.303 e. The third kappa shape index (κ3) is 5.76. The molecular formula is C29H43N2O4. The predicted octanol–water partition coefficient (Wildman–Crippen LogP) is 3.94. The number of carbonyl (C=O) groups is 1. The van der Waals surface area contributed by atoms with Gasteiger partial charge in [-0.1, -0.05) is 38.1 Å². The molecule has 6 heteroatoms. The second-order valence-corrected chi connectivity index (χ2v) is 11.0. The van der Waals surface area contributed by atoms with Gasteiger partial charge >= 0.3 is 5.97 Å². The van der Waals surface area contributed by atoms with Gasteiger partial charge in [-0.15, -0.1) is 0 Å². The quantitative estimate of drug-likeness (QED) is 0.468. The summed E-state index contributed by atoms with van der Waals surface area (Å²) in [5.41, 5.74) is 1.35. The van der Waals surface area contributed by atoms with Crippen LogP contribution in [0, 0.1) is 30.1 Å². The Morgan fingerprint density at radius 3 is 2.54 bits per heavy atom. The Morgan fingerprint density at radius 1 is 1.17 bits per heavy atom. The van der Waals surface area contributed by atoms with Crippen molar-refractivity contribution in [2.24, 2.45) is 23.7 Å². The van der Waals surface area contributed by atoms with Gasteiger partial charge in [-0.25, -0.2) is 0 Å². The van der Waals surface area contributed by atoms with Crippen molar-refractivity contribution in [2.75, 3.05) is 39.8 Å². The van der Waals surface area contributed by atoms with E-state index in [1.54, 1.807) is 7.11 Å². The summed E-state index contributed by atoms with van der Waals surface area (Å²) in [6.45, 7) is 14.1. The smallest absolute Gasteiger partial charge is 0.303 e. The Morgan fingerprint density at radius 2 is 1.86 bits per heavy atom. The molecule has 0 spiro atoms. The number of nitrogens with zero attached hydrogens (tertiary/aromatic N) is 2. The fourth-order valence-electron chi connectivity index (χ4n) is 6.50. The number of esters is 1. The number of piperazine rings is 1. The molecule has 1 saturated carbocycles. The molecule has 1 aromatic rings. The first kappa shape index (κ1) is 26.2. The molecule has 1 aromatic carbocycles. The van der Waals surface area contributed by atoms with E-state index in [0.29, 0.717) is 11.8 Å². The molecule has 2 fully saturated rings. The van der Waals surface area contributed by atoms with Gasteiger partial charge in [0.1, 0.15) is 11.9 Å². The van der Waals surface area contributed by atoms with Crippen molar-refractivity contribution in [3.63, 3.8) is 0 Å². The molecular weight excluding hydrogens is 440 g/mol. The lowest BCUT2D eigenvalue weighted by molar-refractivity contribution is -0.148. The number of rotatable bonds is 7. The summed E-state index contributed by atoms with van der Waals surface area (Å²) < 4.78 is 11.0. The highest BCUT2D eigenvalue weighted by Crippen LogP contribution is 2.50. The molecule has 35 heavy (non-hydrogen) atoms. The topological polar surface area (TPSA) is 62.2 Å². The van der Waals surface area contributed by atoms with Crippen LogP contribution in [0.3, 0.4) is 0 Å². The fourth-order valence-corrected chi connectivity index (χ4v) is 6.50. The van der Waals surface area contributed by atoms with E-state index in [4.69, 9.17) is 9.47 Å². The molecule has 6 atom stereocenters. The van der Waals surface area contributed by atoms with E-state index in [1.807, 2.05) is 25.5 Å². The van der Waals surface area contributed by atoms with Crippen molar-refractivity contribution >= 4 is 5.97 Å². The monoisotopic (exact) mass is 483 g/mol. The number of hydrogen-bond acceptors (Lipinski definition) is 6. The number of ether oxygens (including phenoxy) is 2. The number of para-hydroxylation sites is 1. The van der Waals surface area contributed by atoms with Crippen LogP contribution in [0.25, 0.3) is 0 Å². The highest BCUT2D eigenvalue weighted by molar-refractivity contribution is 5.66. The van der Waals surface area contributed by atoms with Gasteiger partial charge < -0.3 is 19.5 Å². The van der Waals surface area contributed by atoms with Crippen molar-refractivity contribution in [2.45, 2.75) is 58.8 Å². The molecule has 193 valence electrons. The third-order valence-corrected chi connectivity index (χ3v) is 8.65. The summed E-state index contributed by atoms with van der Waals surface area (Å²) in [5.74, 6) is 1.76. The number of carbonyl (C=O) groups excluding carboxylic acids is 1. The lowest BCUT2D eigenvalue weighted by atomic mass is 9.57. The summed E-state index contributed by atoms with van der Waals surface area (Å²) in [6.07, 6.45) is 5.80. The summed E-state index contributed by atoms with van der Waals surface area (Å²) in [7, 11) is 1.74. The molecule has 1 aliphatic heterocycles. The van der Waals surface area contributed by atoms with Crippen molar-refractivity contribution in [1.29, 1.82) is 0 Å². The van der Waals surface area contributed by atoms with E-state index in [0.717, 1.165) is 63.4 Å². The normalized spacial score (nSPS) is 32.9. The Kier molecular flexibility index (Phi) is 8.24. The number of fused-ring (bicyclic) bond motifs is 1. The first-order valence-electron chi connectivity index (χ1n) is 13.2. The average Bonchev–Trinajstić information content (AvgIpc) is 2.82. The van der Waals surface area contributed by atoms with Crippen molar-refractivity contribution < 1.29 is 19.4 Å². The van der Waals surface area contributed by atoms with Crippen LogP contribution in [0.1, 0.15) is 46.1 Å². The molecule has 1 unspecified atom stereocenters. The van der Waals surface area contributed by atoms with Crippen LogP contribution in [-0.4, -0.2) is 72.4 Å². The van der Waals surface area contributed by atoms with E-state index in [-0.39, 0.29) is 17.8 Å². The number of aliphatic hydroxyl groups is 1. The summed E-state index contributed by atoms with van der Waals surface area (Å²) in [5, 5.41) is 11.8. The lowest BCUT2D eigenvalue weighted by Crippen LogP contribution is -2.57. The van der Waals surface area contributed by atoms with E-state index in [2.05, 4.69) is 41.9 Å². The largest absolute Gasteiger partial charge is 0.496 e. The molecule has 1 heterocycles. The van der Waals surface area contributed by atoms with Gasteiger partial charge in [0.05, 0.1) is 12.7 Å². The zero-order valence-corrected chi connectivity index (χ0v) is 22.1. The Labute approximate surface area is 211 Å². The highest BCUT2D eigenvalue weighted by Gasteiger charge is 2.53. The lowest BCUT2D eigenvalue weighted by Gasteiger charge is -2.53. The molecule has 1 saturated heterocycles. The predicted molar refractivity (Wildman–Crippen MR) is 138 cm³/mol. The second kappa shape index (κ2) is 11.0. The summed E-state index contributed by atoms with van der Waals surface area (Å²) >= 11 is 0. The van der Waals surface area contributed by atoms with Crippen LogP contribution in [0.5, 0.6) is 5.75 Å². The van der Waals surface area contributed by atoms with Gasteiger partial charge in [-0.3, -0.25) is 9.69 Å². The maximum atomic E-state index is 11.8. The van der Waals surface area contributed by atoms with Gasteiger partial charge in [-0.2, -0.15) is 0 Å². The molecule has 1 radical (unpaired) electrons. The molecule has 6 nitrogen and oxygen atoms in total. The highest BCUT2D eigenvalue weighted by atomic mass is 16.5. The van der Waals surface area contributed by atoms with Crippen LogP contribution < -0.4 is 4.74 Å². The van der Waals surface area contributed by atoms with Crippen LogP contribution in [0.15, 0.2) is 35.9 Å².